The summed E-state index contributed by atoms with van der Waals surface area (Å²) in [6, 6.07) is 0. The second kappa shape index (κ2) is 55.5. The van der Waals surface area contributed by atoms with Crippen LogP contribution in [0.2, 0.25) is 0 Å². The molecule has 0 bridgehead atoms. The van der Waals surface area contributed by atoms with Crippen molar-refractivity contribution in [3.8, 4) is 0 Å². The number of rotatable bonds is 18. The van der Waals surface area contributed by atoms with Crippen molar-refractivity contribution in [2.75, 3.05) is 98.2 Å². The first-order valence-electron chi connectivity index (χ1n) is 17.1. The van der Waals surface area contributed by atoms with Gasteiger partial charge in [-0.25, -0.2) is 0 Å². The number of hydrogen-bond acceptors (Lipinski definition) is 0. The topological polar surface area (TPSA) is 408 Å². The van der Waals surface area contributed by atoms with Gasteiger partial charge in [-0.1, -0.05) is 25.3 Å². The monoisotopic (exact) mass is 897 g/mol. The van der Waals surface area contributed by atoms with Crippen molar-refractivity contribution in [2.24, 2.45) is 17.8 Å². The molecule has 2 radical (unpaired) electrons. The van der Waals surface area contributed by atoms with Crippen LogP contribution in [0, 0.1) is 17.8 Å². The number of quaternary nitrogens is 4. The van der Waals surface area contributed by atoms with Crippen molar-refractivity contribution < 1.29 is 115 Å². The summed E-state index contributed by atoms with van der Waals surface area (Å²) in [6.07, 6.45) is 19.9. The van der Waals surface area contributed by atoms with Crippen molar-refractivity contribution >= 4 is 0 Å². The van der Waals surface area contributed by atoms with Crippen LogP contribution in [0.5, 0.6) is 0 Å². The van der Waals surface area contributed by atoms with E-state index in [9.17, 15) is 0 Å². The summed E-state index contributed by atoms with van der Waals surface area (Å²) in [6.45, 7) is 17.6. The minimum absolute atomic E-state index is 0. The minimum Gasteiger partial charge on any atom is -0.693 e. The normalized spacial score (nSPS) is 19.2. The Morgan fingerprint density at radius 3 is 1.17 bits per heavy atom. The molecule has 324 valence electrons. The fraction of sp³-hybridized carbons (Fsp3) is 0.875. The van der Waals surface area contributed by atoms with Crippen LogP contribution in [-0.4, -0.2) is 142 Å². The molecule has 3 saturated heterocycles. The number of unbranched alkanes of at least 4 members (excludes halogenated alkanes) is 2. The first-order valence-corrected chi connectivity index (χ1v) is 17.1. The second-order valence-corrected chi connectivity index (χ2v) is 12.5. The zero-order valence-electron chi connectivity index (χ0n) is 31.3. The van der Waals surface area contributed by atoms with Crippen LogP contribution in [0.4, 0.5) is 0 Å². The summed E-state index contributed by atoms with van der Waals surface area (Å²) in [7, 11) is 0. The van der Waals surface area contributed by atoms with Gasteiger partial charge in [0.15, 0.2) is 0 Å². The van der Waals surface area contributed by atoms with E-state index < -0.39 is 0 Å². The molecule has 3 unspecified atom stereocenters. The van der Waals surface area contributed by atoms with Crippen molar-refractivity contribution in [2.45, 2.75) is 64.2 Å². The van der Waals surface area contributed by atoms with Gasteiger partial charge in [0.1, 0.15) is 0 Å². The zero-order valence-corrected chi connectivity index (χ0v) is 34.4. The van der Waals surface area contributed by atoms with E-state index in [1.807, 2.05) is 6.20 Å². The third kappa shape index (κ3) is 41.3. The molecule has 52 heavy (non-hydrogen) atoms. The molecule has 0 saturated carbocycles. The first-order chi connectivity index (χ1) is 19.9. The fourth-order valence-electron chi connectivity index (χ4n) is 6.23. The molecular weight excluding hydrogens is 815 g/mol. The van der Waals surface area contributed by atoms with Crippen LogP contribution in [-0.2, 0) is 50.3 Å². The van der Waals surface area contributed by atoms with Crippen LogP contribution in [0.25, 0.3) is 27.4 Å². The molecule has 0 amide bonds. The van der Waals surface area contributed by atoms with Crippen LogP contribution >= 0.6 is 0 Å². The zero-order chi connectivity index (χ0) is 27.8. The Balaban J connectivity index is -0.0000000689. The maximum Gasteiger partial charge on any atom is 3.00 e. The molecule has 3 fully saturated rings. The second-order valence-electron chi connectivity index (χ2n) is 12.5. The molecule has 3 atom stereocenters. The summed E-state index contributed by atoms with van der Waals surface area (Å²) in [5.41, 5.74) is 1.35. The summed E-state index contributed by atoms with van der Waals surface area (Å²) >= 11 is 0. The van der Waals surface area contributed by atoms with E-state index in [0.29, 0.717) is 0 Å². The predicted molar refractivity (Wildman–Crippen MR) is 202 cm³/mol. The van der Waals surface area contributed by atoms with Crippen molar-refractivity contribution in [1.29, 1.82) is 0 Å². The molecule has 0 aliphatic carbocycles. The Kier molecular flexibility index (Phi) is 82.0. The molecule has 0 spiro atoms. The van der Waals surface area contributed by atoms with Crippen LogP contribution in [0.3, 0.4) is 0 Å². The van der Waals surface area contributed by atoms with Gasteiger partial charge >= 0.3 is 50.3 Å². The maximum absolute atomic E-state index is 4.51. The Morgan fingerprint density at radius 1 is 0.538 bits per heavy atom. The van der Waals surface area contributed by atoms with Gasteiger partial charge in [-0.15, -0.1) is 51.9 Å². The molecule has 4 heterocycles. The number of nitrogens with two attached hydrogens (primary N) is 5. The summed E-state index contributed by atoms with van der Waals surface area (Å²) < 4.78 is 0. The van der Waals surface area contributed by atoms with Gasteiger partial charge in [0.2, 0.25) is 0 Å². The predicted octanol–water partition coefficient (Wildman–Crippen LogP) is -4.92. The summed E-state index contributed by atoms with van der Waals surface area (Å²) in [5, 5.41) is 27.7. The van der Waals surface area contributed by atoms with E-state index in [-0.39, 0.29) is 100 Å². The average Bonchev–Trinajstić information content (AvgIpc) is 3.02. The largest absolute Gasteiger partial charge is 3.00 e. The molecule has 0 aromatic heterocycles. The molecule has 4 rings (SSSR count). The number of piperidine rings is 3. The van der Waals surface area contributed by atoms with E-state index in [1.165, 1.54) is 116 Å². The molecule has 17 nitrogen and oxygen atoms in total. The Bertz CT molecular complexity index is 663. The molecule has 4 aliphatic rings. The van der Waals surface area contributed by atoms with Gasteiger partial charge in [0, 0.05) is 25.7 Å². The Labute approximate surface area is 345 Å². The maximum atomic E-state index is 4.51. The van der Waals surface area contributed by atoms with Crippen molar-refractivity contribution in [1.82, 2.24) is 0 Å². The van der Waals surface area contributed by atoms with Gasteiger partial charge in [-0.3, -0.25) is 0 Å². The SMILES string of the molecule is C(CC[NH2+]CC1CCC[N-]C1)C[NH2+]CC1CCC[N-]C1.C1=CC(C[NH2+]CCCC[NH2+]CC2CCC[N-]C2)=C[N-]C1.O.O.O.O.O.O.O.O.[Co+2].[Co+2].[Co+3].[NH2-]. The molecule has 0 aromatic carbocycles. The van der Waals surface area contributed by atoms with Crippen molar-refractivity contribution in [3.05, 3.63) is 51.3 Å². The van der Waals surface area contributed by atoms with Gasteiger partial charge in [0.25, 0.3) is 0 Å². The molecule has 4 aliphatic heterocycles. The van der Waals surface area contributed by atoms with E-state index in [4.69, 9.17) is 0 Å². The minimum atomic E-state index is 0. The molecular formula is C32H82Co3N9O8+6. The van der Waals surface area contributed by atoms with Crippen molar-refractivity contribution in [3.63, 3.8) is 0 Å². The molecule has 20 heteroatoms. The number of hydrogen-bond donors (Lipinski definition) is 4. The molecule has 0 aromatic rings. The van der Waals surface area contributed by atoms with E-state index in [1.54, 1.807) is 0 Å². The average molecular weight is 898 g/mol. The quantitative estimate of drug-likeness (QED) is 0.0941. The third-order valence-electron chi connectivity index (χ3n) is 8.76. The standard InChI is InChI=1S/C16H32N4.C16H28N4.3Co.H2N.8H2O/c2*1(7-17-11-15-5-3-9-19-13-15)2-8-18-12-16-6-4-10-20-14-16;;;;;;;;;;;;/h15-18H,1-14H2;3,5,13,16-18H,1-2,4,6-12,14H2;;;;9*1H2/q2*-2;2*+2;+3;-1;;;;;;;;/p+4. The smallest absolute Gasteiger partial charge is 0.693 e. The van der Waals surface area contributed by atoms with E-state index >= 15 is 0 Å². The van der Waals surface area contributed by atoms with Crippen LogP contribution in [0.1, 0.15) is 64.2 Å². The van der Waals surface area contributed by atoms with Gasteiger partial charge in [-0.2, -0.15) is 6.20 Å². The van der Waals surface area contributed by atoms with Gasteiger partial charge in [-0.05, 0) is 42.6 Å². The number of nitrogens with zero attached hydrogens (tertiary/aromatic N) is 4. The summed E-state index contributed by atoms with van der Waals surface area (Å²) in [4.78, 5) is 0. The fourth-order valence-corrected chi connectivity index (χ4v) is 6.23. The van der Waals surface area contributed by atoms with Gasteiger partial charge < -0.3 is 92.5 Å². The molecule has 26 N–H and O–H groups in total. The Morgan fingerprint density at radius 2 is 0.885 bits per heavy atom. The summed E-state index contributed by atoms with van der Waals surface area (Å²) in [5.74, 6) is 2.58. The first kappa shape index (κ1) is 76.8. The van der Waals surface area contributed by atoms with Crippen LogP contribution < -0.4 is 21.3 Å². The van der Waals surface area contributed by atoms with Gasteiger partial charge in [0.05, 0.1) is 52.4 Å². The third-order valence-corrected chi connectivity index (χ3v) is 8.76. The van der Waals surface area contributed by atoms with Crippen LogP contribution in [0.15, 0.2) is 23.9 Å². The van der Waals surface area contributed by atoms with E-state index in [2.05, 4.69) is 54.7 Å². The Hall–Kier alpha value is 0.159. The van der Waals surface area contributed by atoms with E-state index in [0.717, 1.165) is 70.1 Å².